The topological polar surface area (TPSA) is 161 Å². The maximum Gasteiger partial charge on any atom is 0.184 e. The molecule has 412 valence electrons. The van der Waals surface area contributed by atoms with Gasteiger partial charge in [0.05, 0.1) is 52.9 Å². The molecule has 2 saturated heterocycles. The molecule has 9 aromatic carbocycles. The molecule has 12 atom stereocenters. The van der Waals surface area contributed by atoms with Crippen LogP contribution in [0, 0.1) is 0 Å². The second-order valence-corrected chi connectivity index (χ2v) is 20.8. The van der Waals surface area contributed by atoms with Crippen LogP contribution in [0.1, 0.15) is 34.1 Å². The molecule has 3 aliphatic rings. The Labute approximate surface area is 469 Å². The van der Waals surface area contributed by atoms with Crippen LogP contribution >= 0.6 is 0 Å². The number of azide groups is 1. The van der Waals surface area contributed by atoms with E-state index in [9.17, 15) is 10.6 Å². The summed E-state index contributed by atoms with van der Waals surface area (Å²) >= 11 is 0. The Balaban J connectivity index is 0.958. The van der Waals surface area contributed by atoms with E-state index >= 15 is 0 Å². The summed E-state index contributed by atoms with van der Waals surface area (Å²) < 4.78 is 68.2. The molecular weight excluding hydrogens is 1020 g/mol. The molecule has 1 aliphatic carbocycles. The minimum absolute atomic E-state index is 0.0178. The van der Waals surface area contributed by atoms with Crippen LogP contribution in [0.15, 0.2) is 212 Å². The van der Waals surface area contributed by atoms with Gasteiger partial charge in [0.15, 0.2) is 12.6 Å². The Hall–Kier alpha value is -7.53. The van der Waals surface area contributed by atoms with Crippen LogP contribution in [0.3, 0.4) is 0 Å². The number of hydrogen-bond donors (Lipinski definition) is 1. The summed E-state index contributed by atoms with van der Waals surface area (Å²) in [5.74, 6) is 0.667. The third-order valence-corrected chi connectivity index (χ3v) is 15.6. The number of methoxy groups -OCH3 is 1. The van der Waals surface area contributed by atoms with E-state index in [0.29, 0.717) is 11.3 Å². The van der Waals surface area contributed by atoms with Gasteiger partial charge in [0.1, 0.15) is 60.6 Å². The predicted octanol–water partition coefficient (Wildman–Crippen LogP) is 12.8. The molecule has 0 amide bonds. The Morgan fingerprint density at radius 2 is 0.938 bits per heavy atom. The van der Waals surface area contributed by atoms with Crippen LogP contribution in [-0.2, 0) is 69.1 Å². The Kier molecular flexibility index (Phi) is 16.7. The van der Waals surface area contributed by atoms with Gasteiger partial charge in [0.2, 0.25) is 0 Å². The molecule has 14 heteroatoms. The highest BCUT2D eigenvalue weighted by atomic mass is 16.8. The van der Waals surface area contributed by atoms with E-state index in [4.69, 9.17) is 47.4 Å². The molecule has 0 radical (unpaired) electrons. The first-order chi connectivity index (χ1) is 39.9. The first-order valence-corrected chi connectivity index (χ1v) is 27.4. The van der Waals surface area contributed by atoms with E-state index in [1.54, 1.807) is 25.3 Å². The fourth-order valence-electron chi connectivity index (χ4n) is 11.4. The van der Waals surface area contributed by atoms with Crippen LogP contribution in [0.4, 0.5) is 0 Å². The average Bonchev–Trinajstić information content (AvgIpc) is 3.69. The number of fused-ring (bicyclic) bond motifs is 5. The van der Waals surface area contributed by atoms with Crippen LogP contribution in [-0.4, -0.2) is 92.7 Å². The number of nitrogens with zero attached hydrogens (tertiary/aromatic N) is 3. The third-order valence-electron chi connectivity index (χ3n) is 15.6. The zero-order chi connectivity index (χ0) is 55.1. The van der Waals surface area contributed by atoms with Gasteiger partial charge in [-0.1, -0.05) is 169 Å². The van der Waals surface area contributed by atoms with Crippen LogP contribution in [0.5, 0.6) is 5.75 Å². The van der Waals surface area contributed by atoms with Gasteiger partial charge in [-0.2, -0.15) is 0 Å². The Bertz CT molecular complexity index is 3670. The van der Waals surface area contributed by atoms with Gasteiger partial charge in [0.25, 0.3) is 0 Å². The lowest BCUT2D eigenvalue weighted by atomic mass is 9.83. The van der Waals surface area contributed by atoms with Crippen molar-refractivity contribution in [1.82, 2.24) is 0 Å². The standard InChI is InChI=1S/C67H63N3O11/c1-3-32-73-63-61(75-38-43-21-25-47-13-5-9-17-52(47)34-43)60(74-37-42-20-24-46-12-4-8-16-51(46)33-42)62(76-39-44-22-26-48-14-6-10-18-53(48)35-44)64(77-40-45-23-27-49-15-7-11-19-54(49)36-45)65(63)81-67-57(69-70-68)58(71)59-56(79-67)41-78-66(80-59)50-28-30-55(72-2)31-29-50/h3-31,33-36,56-67,71H,1,32,37-41H2,2H3/t56-,57-,58-,59-,60+,61-,62-,63-,64+,65+,66?,67-/m1/s1. The van der Waals surface area contributed by atoms with Crippen molar-refractivity contribution >= 4 is 43.1 Å². The third kappa shape index (κ3) is 12.1. The fourth-order valence-corrected chi connectivity index (χ4v) is 11.4. The first kappa shape index (κ1) is 54.1. The summed E-state index contributed by atoms with van der Waals surface area (Å²) in [6.45, 7) is 4.75. The molecule has 14 nitrogen and oxygen atoms in total. The second-order valence-electron chi connectivity index (χ2n) is 20.8. The Morgan fingerprint density at radius 1 is 0.531 bits per heavy atom. The zero-order valence-corrected chi connectivity index (χ0v) is 44.8. The average molecular weight is 1090 g/mol. The largest absolute Gasteiger partial charge is 0.497 e. The minimum atomic E-state index is -1.40. The number of hydrogen-bond acceptors (Lipinski definition) is 12. The SMILES string of the molecule is C=CCO[C@@H]1[C@H](OCc2ccc3ccccc3c2)[C@H](OCc2ccc3ccccc3c2)[C@@H](OCc2ccc3ccccc3c2)[C@H](OCc2ccc3ccccc3c2)[C@H]1O[C@H]1O[C@@H]2COC(c3ccc(OC)cc3)O[C@H]2[C@H](O)[C@H]1N=[N+]=[N-]. The summed E-state index contributed by atoms with van der Waals surface area (Å²) in [7, 11) is 1.59. The van der Waals surface area contributed by atoms with Gasteiger partial charge in [-0.15, -0.1) is 6.58 Å². The molecule has 0 aromatic heterocycles. The first-order valence-electron chi connectivity index (χ1n) is 27.4. The maximum atomic E-state index is 12.3. The molecule has 3 fully saturated rings. The lowest BCUT2D eigenvalue weighted by molar-refractivity contribution is -0.365. The highest BCUT2D eigenvalue weighted by Gasteiger charge is 2.58. The normalized spacial score (nSPS) is 25.6. The molecule has 81 heavy (non-hydrogen) atoms. The monoisotopic (exact) mass is 1090 g/mol. The van der Waals surface area contributed by atoms with Crippen molar-refractivity contribution in [3.63, 3.8) is 0 Å². The number of benzene rings is 9. The van der Waals surface area contributed by atoms with E-state index in [2.05, 4.69) is 132 Å². The van der Waals surface area contributed by atoms with Crippen molar-refractivity contribution in [2.45, 2.75) is 100.0 Å². The molecule has 9 aromatic rings. The maximum absolute atomic E-state index is 12.3. The fraction of sp³-hybridized carbons (Fsp3) is 0.284. The molecule has 1 unspecified atom stereocenters. The zero-order valence-electron chi connectivity index (χ0n) is 44.8. The highest BCUT2D eigenvalue weighted by molar-refractivity contribution is 5.85. The molecule has 1 saturated carbocycles. The second kappa shape index (κ2) is 25.1. The van der Waals surface area contributed by atoms with Crippen molar-refractivity contribution in [1.29, 1.82) is 0 Å². The van der Waals surface area contributed by atoms with Gasteiger partial charge in [-0.3, -0.25) is 0 Å². The van der Waals surface area contributed by atoms with Crippen molar-refractivity contribution in [2.24, 2.45) is 5.11 Å². The lowest BCUT2D eigenvalue weighted by Gasteiger charge is -2.52. The van der Waals surface area contributed by atoms with Crippen LogP contribution in [0.25, 0.3) is 53.5 Å². The minimum Gasteiger partial charge on any atom is -0.497 e. The summed E-state index contributed by atoms with van der Waals surface area (Å²) in [6.07, 6.45) is -9.63. The van der Waals surface area contributed by atoms with Gasteiger partial charge >= 0.3 is 0 Å². The lowest BCUT2D eigenvalue weighted by Crippen LogP contribution is -2.69. The highest BCUT2D eigenvalue weighted by Crippen LogP contribution is 2.41. The van der Waals surface area contributed by atoms with Crippen molar-refractivity contribution in [3.05, 3.63) is 245 Å². The van der Waals surface area contributed by atoms with Gasteiger partial charge < -0.3 is 52.5 Å². The number of aliphatic hydroxyl groups is 1. The number of aliphatic hydroxyl groups excluding tert-OH is 1. The van der Waals surface area contributed by atoms with Gasteiger partial charge in [-0.25, -0.2) is 0 Å². The van der Waals surface area contributed by atoms with Crippen molar-refractivity contribution in [3.8, 4) is 5.75 Å². The van der Waals surface area contributed by atoms with Crippen molar-refractivity contribution in [2.75, 3.05) is 20.3 Å². The van der Waals surface area contributed by atoms with E-state index in [1.807, 2.05) is 66.7 Å². The number of ether oxygens (including phenoxy) is 10. The van der Waals surface area contributed by atoms with Gasteiger partial charge in [0, 0.05) is 10.5 Å². The van der Waals surface area contributed by atoms with E-state index < -0.39 is 73.6 Å². The molecule has 12 rings (SSSR count). The molecule has 0 spiro atoms. The molecule has 0 bridgehead atoms. The molecular formula is C67H63N3O11. The smallest absolute Gasteiger partial charge is 0.184 e. The Morgan fingerprint density at radius 3 is 1.35 bits per heavy atom. The summed E-state index contributed by atoms with van der Waals surface area (Å²) in [5.41, 5.74) is 14.6. The van der Waals surface area contributed by atoms with Gasteiger partial charge in [-0.05, 0) is 107 Å². The van der Waals surface area contributed by atoms with E-state index in [-0.39, 0.29) is 39.6 Å². The van der Waals surface area contributed by atoms with Crippen molar-refractivity contribution < 1.29 is 52.5 Å². The van der Waals surface area contributed by atoms with E-state index in [0.717, 1.165) is 65.3 Å². The summed E-state index contributed by atoms with van der Waals surface area (Å²) in [4.78, 5) is 3.22. The predicted molar refractivity (Wildman–Crippen MR) is 309 cm³/mol. The van der Waals surface area contributed by atoms with E-state index in [1.165, 1.54) is 0 Å². The number of rotatable bonds is 20. The summed E-state index contributed by atoms with van der Waals surface area (Å²) in [5, 5.41) is 25.1. The van der Waals surface area contributed by atoms with Crippen LogP contribution < -0.4 is 4.74 Å². The molecule has 2 aliphatic heterocycles. The summed E-state index contributed by atoms with van der Waals surface area (Å²) in [6, 6.07) is 63.8. The van der Waals surface area contributed by atoms with Crippen LogP contribution in [0.2, 0.25) is 0 Å². The molecule has 2 heterocycles. The quantitative estimate of drug-likeness (QED) is 0.0335. The molecule has 1 N–H and O–H groups in total.